The fourth-order valence-electron chi connectivity index (χ4n) is 4.29. The van der Waals surface area contributed by atoms with Crippen LogP contribution >= 0.6 is 0 Å². The van der Waals surface area contributed by atoms with E-state index in [-0.39, 0.29) is 5.16 Å². The quantitative estimate of drug-likeness (QED) is 0.775. The van der Waals surface area contributed by atoms with Gasteiger partial charge < -0.3 is 10.2 Å². The number of hydrogen-bond acceptors (Lipinski definition) is 2. The fourth-order valence-corrected chi connectivity index (χ4v) is 8.37. The Morgan fingerprint density at radius 3 is 1.96 bits per heavy atom. The van der Waals surface area contributed by atoms with Crippen molar-refractivity contribution in [3.63, 3.8) is 0 Å². The lowest BCUT2D eigenvalue weighted by Gasteiger charge is -2.37. The van der Waals surface area contributed by atoms with Crippen LogP contribution in [0.2, 0.25) is 12.1 Å². The Morgan fingerprint density at radius 2 is 1.46 bits per heavy atom. The first-order chi connectivity index (χ1) is 11.8. The third kappa shape index (κ3) is 3.34. The Kier molecular flexibility index (Phi) is 5.88. The first-order valence-electron chi connectivity index (χ1n) is 9.39. The van der Waals surface area contributed by atoms with E-state index in [2.05, 4.69) is 84.7 Å². The number of rotatable bonds is 7. The second kappa shape index (κ2) is 8.10. The molecule has 1 aliphatic rings. The maximum absolute atomic E-state index is 3.96. The van der Waals surface area contributed by atoms with E-state index in [1.54, 1.807) is 0 Å². The minimum absolute atomic E-state index is 0.0929. The van der Waals surface area contributed by atoms with Crippen molar-refractivity contribution in [1.29, 1.82) is 0 Å². The van der Waals surface area contributed by atoms with Gasteiger partial charge in [0, 0.05) is 0 Å². The van der Waals surface area contributed by atoms with E-state index in [4.69, 9.17) is 0 Å². The first kappa shape index (κ1) is 17.4. The highest BCUT2D eigenvalue weighted by atomic mass is 28.3. The molecular weight excluding hydrogens is 308 g/mol. The van der Waals surface area contributed by atoms with E-state index in [9.17, 15) is 0 Å². The van der Waals surface area contributed by atoms with Crippen LogP contribution in [0.5, 0.6) is 0 Å². The van der Waals surface area contributed by atoms with Crippen molar-refractivity contribution in [2.24, 2.45) is 0 Å². The van der Waals surface area contributed by atoms with Crippen molar-refractivity contribution in [2.45, 2.75) is 31.1 Å². The summed E-state index contributed by atoms with van der Waals surface area (Å²) < 4.78 is 0. The van der Waals surface area contributed by atoms with E-state index >= 15 is 0 Å². The van der Waals surface area contributed by atoms with Crippen LogP contribution in [0.15, 0.2) is 60.7 Å². The van der Waals surface area contributed by atoms with Gasteiger partial charge in [-0.3, -0.25) is 0 Å². The number of nitrogens with zero attached hydrogens (tertiary/aromatic N) is 1. The summed E-state index contributed by atoms with van der Waals surface area (Å²) in [4.78, 5) is 2.58. The van der Waals surface area contributed by atoms with E-state index in [1.807, 2.05) is 0 Å². The predicted octanol–water partition coefficient (Wildman–Crippen LogP) is 3.64. The van der Waals surface area contributed by atoms with Crippen LogP contribution in [0, 0.1) is 0 Å². The molecule has 0 aromatic heterocycles. The van der Waals surface area contributed by atoms with E-state index < -0.39 is 8.80 Å². The van der Waals surface area contributed by atoms with Gasteiger partial charge >= 0.3 is 0 Å². The maximum atomic E-state index is 3.96. The monoisotopic (exact) mass is 338 g/mol. The molecule has 1 fully saturated rings. The van der Waals surface area contributed by atoms with Crippen LogP contribution in [0.1, 0.15) is 25.0 Å². The molecule has 1 N–H and O–H groups in total. The molecule has 3 heteroatoms. The zero-order valence-electron chi connectivity index (χ0n) is 15.0. The number of benzene rings is 2. The molecule has 1 heterocycles. The molecule has 1 aliphatic heterocycles. The lowest BCUT2D eigenvalue weighted by Crippen LogP contribution is -2.49. The van der Waals surface area contributed by atoms with Crippen molar-refractivity contribution >= 4 is 8.80 Å². The second-order valence-corrected chi connectivity index (χ2v) is 10.2. The van der Waals surface area contributed by atoms with Gasteiger partial charge in [-0.25, -0.2) is 0 Å². The largest absolute Gasteiger partial charge is 0.307 e. The van der Waals surface area contributed by atoms with E-state index in [0.29, 0.717) is 0 Å². The molecule has 0 radical (unpaired) electrons. The highest BCUT2D eigenvalue weighted by Crippen LogP contribution is 2.38. The predicted molar refractivity (Wildman–Crippen MR) is 106 cm³/mol. The summed E-state index contributed by atoms with van der Waals surface area (Å²) in [7, 11) is -1.02. The Balaban J connectivity index is 1.95. The summed E-state index contributed by atoms with van der Waals surface area (Å²) in [5.41, 5.74) is 2.93. The molecule has 1 unspecified atom stereocenters. The zero-order chi connectivity index (χ0) is 16.8. The molecule has 3 rings (SSSR count). The topological polar surface area (TPSA) is 15.3 Å². The lowest BCUT2D eigenvalue weighted by atomic mass is 9.97. The maximum Gasteiger partial charge on any atom is 0.0745 e. The first-order valence-corrected chi connectivity index (χ1v) is 11.6. The highest BCUT2D eigenvalue weighted by molar-refractivity contribution is 6.64. The van der Waals surface area contributed by atoms with Crippen molar-refractivity contribution in [3.8, 4) is 0 Å². The molecule has 1 atom stereocenters. The molecule has 0 spiro atoms. The standard InChI is InChI=1S/C21H30N2Si/c1-3-23(4-2)16-18-24-17-15-22-21(24,19-11-7-5-8-12-19)20-13-9-6-10-14-20/h5-14,22,24H,3-4,15-18H2,1-2H3. The minimum Gasteiger partial charge on any atom is -0.307 e. The SMILES string of the molecule is CCN(CC)CC[SiH]1CCNC1(c1ccccc1)c1ccccc1. The van der Waals surface area contributed by atoms with Gasteiger partial charge in [0.2, 0.25) is 0 Å². The van der Waals surface area contributed by atoms with Crippen LogP contribution in [0.4, 0.5) is 0 Å². The van der Waals surface area contributed by atoms with Crippen LogP contribution < -0.4 is 5.32 Å². The zero-order valence-corrected chi connectivity index (χ0v) is 16.2. The second-order valence-electron chi connectivity index (χ2n) is 6.77. The molecule has 0 aliphatic carbocycles. The van der Waals surface area contributed by atoms with Gasteiger partial charge in [0.15, 0.2) is 0 Å². The molecule has 1 saturated heterocycles. The number of nitrogens with one attached hydrogen (secondary N) is 1. The smallest absolute Gasteiger partial charge is 0.0745 e. The van der Waals surface area contributed by atoms with Gasteiger partial charge in [0.25, 0.3) is 0 Å². The summed E-state index contributed by atoms with van der Waals surface area (Å²) in [5.74, 6) is 0. The summed E-state index contributed by atoms with van der Waals surface area (Å²) in [6.07, 6.45) is 0. The van der Waals surface area contributed by atoms with Gasteiger partial charge in [-0.2, -0.15) is 0 Å². The molecule has 0 bridgehead atoms. The van der Waals surface area contributed by atoms with Crippen LogP contribution in [-0.4, -0.2) is 39.9 Å². The average molecular weight is 339 g/mol. The lowest BCUT2D eigenvalue weighted by molar-refractivity contribution is 0.319. The Hall–Kier alpha value is -1.42. The third-order valence-electron chi connectivity index (χ3n) is 5.66. The number of hydrogen-bond donors (Lipinski definition) is 1. The van der Waals surface area contributed by atoms with E-state index in [0.717, 1.165) is 19.6 Å². The van der Waals surface area contributed by atoms with Crippen molar-refractivity contribution < 1.29 is 0 Å². The van der Waals surface area contributed by atoms with Crippen LogP contribution in [0.3, 0.4) is 0 Å². The normalized spacial score (nSPS) is 19.7. The van der Waals surface area contributed by atoms with Gasteiger partial charge in [-0.15, -0.1) is 0 Å². The fraction of sp³-hybridized carbons (Fsp3) is 0.429. The molecule has 128 valence electrons. The van der Waals surface area contributed by atoms with Gasteiger partial charge in [0.1, 0.15) is 0 Å². The summed E-state index contributed by atoms with van der Waals surface area (Å²) in [5, 5.41) is 4.05. The molecule has 0 saturated carbocycles. The van der Waals surface area contributed by atoms with Crippen molar-refractivity contribution in [1.82, 2.24) is 10.2 Å². The Bertz CT molecular complexity index is 571. The van der Waals surface area contributed by atoms with Crippen molar-refractivity contribution in [3.05, 3.63) is 71.8 Å². The summed E-state index contributed by atoms with van der Waals surface area (Å²) >= 11 is 0. The summed E-state index contributed by atoms with van der Waals surface area (Å²) in [6, 6.07) is 25.1. The van der Waals surface area contributed by atoms with Gasteiger partial charge in [0.05, 0.1) is 14.0 Å². The molecule has 2 nitrogen and oxygen atoms in total. The Labute approximate surface area is 148 Å². The van der Waals surface area contributed by atoms with Gasteiger partial charge in [-0.1, -0.05) is 74.5 Å². The van der Waals surface area contributed by atoms with Crippen LogP contribution in [-0.2, 0) is 5.16 Å². The molecule has 24 heavy (non-hydrogen) atoms. The third-order valence-corrected chi connectivity index (χ3v) is 9.69. The summed E-state index contributed by atoms with van der Waals surface area (Å²) in [6.45, 7) is 9.27. The molecule has 2 aromatic carbocycles. The highest BCUT2D eigenvalue weighted by Gasteiger charge is 2.45. The van der Waals surface area contributed by atoms with Crippen molar-refractivity contribution in [2.75, 3.05) is 26.2 Å². The molecule has 2 aromatic rings. The van der Waals surface area contributed by atoms with Crippen LogP contribution in [0.25, 0.3) is 0 Å². The minimum atomic E-state index is -1.02. The Morgan fingerprint density at radius 1 is 0.917 bits per heavy atom. The van der Waals surface area contributed by atoms with Gasteiger partial charge in [-0.05, 0) is 49.4 Å². The average Bonchev–Trinajstić information content (AvgIpc) is 3.09. The van der Waals surface area contributed by atoms with E-state index in [1.165, 1.54) is 29.8 Å². The molecule has 0 amide bonds. The molecular formula is C21H30N2Si.